The van der Waals surface area contributed by atoms with Crippen LogP contribution in [0.25, 0.3) is 11.6 Å². The van der Waals surface area contributed by atoms with Crippen molar-refractivity contribution in [3.63, 3.8) is 0 Å². The van der Waals surface area contributed by atoms with E-state index in [1.807, 2.05) is 83.2 Å². The molecule has 0 N–H and O–H groups in total. The molecular weight excluding hydrogens is 364 g/mol. The normalized spacial score (nSPS) is 17.9. The summed E-state index contributed by atoms with van der Waals surface area (Å²) >= 11 is 0. The second kappa shape index (κ2) is 6.51. The molecule has 0 saturated heterocycles. The van der Waals surface area contributed by atoms with Crippen molar-refractivity contribution in [2.75, 3.05) is 7.11 Å². The first-order valence-electron chi connectivity index (χ1n) is 9.76. The molecule has 0 aromatic heterocycles. The summed E-state index contributed by atoms with van der Waals surface area (Å²) in [6, 6.07) is 9.40. The van der Waals surface area contributed by atoms with Crippen molar-refractivity contribution in [3.8, 4) is 17.2 Å². The van der Waals surface area contributed by atoms with Crippen LogP contribution in [0, 0.1) is 6.92 Å². The van der Waals surface area contributed by atoms with Gasteiger partial charge in [-0.05, 0) is 82.7 Å². The molecule has 0 saturated carbocycles. The zero-order valence-corrected chi connectivity index (χ0v) is 17.8. The van der Waals surface area contributed by atoms with E-state index in [2.05, 4.69) is 0 Å². The number of ketones is 1. The second-order valence-corrected chi connectivity index (χ2v) is 8.70. The van der Waals surface area contributed by atoms with E-state index in [-0.39, 0.29) is 11.4 Å². The highest BCUT2D eigenvalue weighted by atomic mass is 16.5. The Morgan fingerprint density at radius 3 is 2.41 bits per heavy atom. The molecule has 4 heteroatoms. The molecule has 2 heterocycles. The maximum atomic E-state index is 13.5. The van der Waals surface area contributed by atoms with E-state index in [0.29, 0.717) is 16.9 Å². The Kier molecular flexibility index (Phi) is 4.34. The van der Waals surface area contributed by atoms with Gasteiger partial charge in [0.05, 0.1) is 7.11 Å². The molecular formula is C25H26O4. The molecule has 2 aliphatic rings. The van der Waals surface area contributed by atoms with Gasteiger partial charge in [-0.15, -0.1) is 0 Å². The highest BCUT2D eigenvalue weighted by Crippen LogP contribution is 2.41. The lowest BCUT2D eigenvalue weighted by Gasteiger charge is -2.31. The summed E-state index contributed by atoms with van der Waals surface area (Å²) in [5, 5.41) is 0. The van der Waals surface area contributed by atoms with E-state index in [9.17, 15) is 4.79 Å². The smallest absolute Gasteiger partial charge is 0.193 e. The number of benzene rings is 2. The molecule has 2 aromatic carbocycles. The minimum atomic E-state index is -0.583. The van der Waals surface area contributed by atoms with Gasteiger partial charge in [0.1, 0.15) is 28.5 Å². The molecule has 0 atom stereocenters. The Balaban J connectivity index is 1.78. The minimum absolute atomic E-state index is 0.0467. The summed E-state index contributed by atoms with van der Waals surface area (Å²) in [5.41, 5.74) is 2.93. The number of Topliss-reactive ketones (excluding diaryl/α,β-unsaturated/α-hetero) is 1. The van der Waals surface area contributed by atoms with Gasteiger partial charge in [0, 0.05) is 22.3 Å². The summed E-state index contributed by atoms with van der Waals surface area (Å²) in [6.07, 6.45) is 5.91. The molecule has 0 bridgehead atoms. The highest BCUT2D eigenvalue weighted by Gasteiger charge is 2.31. The van der Waals surface area contributed by atoms with Crippen molar-refractivity contribution in [2.45, 2.75) is 45.8 Å². The van der Waals surface area contributed by atoms with E-state index in [1.165, 1.54) is 0 Å². The number of hydrogen-bond acceptors (Lipinski definition) is 4. The number of aryl methyl sites for hydroxylation is 1. The Hall–Kier alpha value is -3.01. The van der Waals surface area contributed by atoms with Crippen LogP contribution in [0.1, 0.15) is 54.7 Å². The SMILES string of the molecule is COc1cc2c(cc1C)OC(C)(C)C=C2C(=O)c1ccc2c(c1)C=CC(C)(C)O2. The van der Waals surface area contributed by atoms with Crippen LogP contribution >= 0.6 is 0 Å². The van der Waals surface area contributed by atoms with Crippen molar-refractivity contribution in [1.29, 1.82) is 0 Å². The Morgan fingerprint density at radius 2 is 1.69 bits per heavy atom. The number of methoxy groups -OCH3 is 1. The molecule has 0 unspecified atom stereocenters. The second-order valence-electron chi connectivity index (χ2n) is 8.70. The summed E-state index contributed by atoms with van der Waals surface area (Å²) in [4.78, 5) is 13.5. The molecule has 150 valence electrons. The van der Waals surface area contributed by atoms with Crippen LogP contribution in [0.5, 0.6) is 17.2 Å². The predicted octanol–water partition coefficient (Wildman–Crippen LogP) is 5.63. The largest absolute Gasteiger partial charge is 0.496 e. The first kappa shape index (κ1) is 19.3. The van der Waals surface area contributed by atoms with Crippen molar-refractivity contribution < 1.29 is 19.0 Å². The summed E-state index contributed by atoms with van der Waals surface area (Å²) < 4.78 is 17.6. The third kappa shape index (κ3) is 3.55. The number of carbonyl (C=O) groups excluding carboxylic acids is 1. The third-order valence-electron chi connectivity index (χ3n) is 5.21. The molecule has 0 amide bonds. The lowest BCUT2D eigenvalue weighted by Crippen LogP contribution is -2.30. The standard InChI is InChI=1S/C25H26O4/c1-15-11-22-18(13-21(15)27-6)19(14-25(4,5)29-22)23(26)17-7-8-20-16(12-17)9-10-24(2,3)28-20/h7-14H,1-6H3. The Morgan fingerprint density at radius 1 is 0.966 bits per heavy atom. The van der Waals surface area contributed by atoms with Gasteiger partial charge in [-0.1, -0.05) is 6.08 Å². The van der Waals surface area contributed by atoms with Gasteiger partial charge < -0.3 is 14.2 Å². The maximum Gasteiger partial charge on any atom is 0.193 e. The van der Waals surface area contributed by atoms with Crippen LogP contribution in [-0.4, -0.2) is 24.1 Å². The van der Waals surface area contributed by atoms with Crippen LogP contribution < -0.4 is 14.2 Å². The van der Waals surface area contributed by atoms with Gasteiger partial charge in [-0.2, -0.15) is 0 Å². The first-order chi connectivity index (χ1) is 13.6. The quantitative estimate of drug-likeness (QED) is 0.638. The zero-order chi connectivity index (χ0) is 21.0. The van der Waals surface area contributed by atoms with E-state index in [1.54, 1.807) is 7.11 Å². The zero-order valence-electron chi connectivity index (χ0n) is 17.8. The fourth-order valence-electron chi connectivity index (χ4n) is 3.78. The van der Waals surface area contributed by atoms with E-state index in [0.717, 1.165) is 28.2 Å². The molecule has 2 aliphatic heterocycles. The summed E-state index contributed by atoms with van der Waals surface area (Å²) in [5.74, 6) is 2.17. The topological polar surface area (TPSA) is 44.8 Å². The lowest BCUT2D eigenvalue weighted by molar-refractivity contribution is 0.104. The van der Waals surface area contributed by atoms with Crippen LogP contribution in [0.4, 0.5) is 0 Å². The molecule has 4 nitrogen and oxygen atoms in total. The number of fused-ring (bicyclic) bond motifs is 2. The van der Waals surface area contributed by atoms with Gasteiger partial charge in [0.2, 0.25) is 0 Å². The van der Waals surface area contributed by atoms with Crippen LogP contribution in [0.15, 0.2) is 42.5 Å². The van der Waals surface area contributed by atoms with E-state index in [4.69, 9.17) is 14.2 Å². The monoisotopic (exact) mass is 390 g/mol. The molecule has 0 radical (unpaired) electrons. The fourth-order valence-corrected chi connectivity index (χ4v) is 3.78. The Bertz CT molecular complexity index is 1070. The highest BCUT2D eigenvalue weighted by molar-refractivity contribution is 6.30. The van der Waals surface area contributed by atoms with Crippen molar-refractivity contribution >= 4 is 17.4 Å². The predicted molar refractivity (Wildman–Crippen MR) is 115 cm³/mol. The average Bonchev–Trinajstić information content (AvgIpc) is 2.64. The molecule has 0 aliphatic carbocycles. The fraction of sp³-hybridized carbons (Fsp3) is 0.320. The Labute approximate surface area is 171 Å². The molecule has 0 spiro atoms. The van der Waals surface area contributed by atoms with E-state index < -0.39 is 5.60 Å². The van der Waals surface area contributed by atoms with Crippen molar-refractivity contribution in [1.82, 2.24) is 0 Å². The van der Waals surface area contributed by atoms with Gasteiger partial charge in [0.25, 0.3) is 0 Å². The first-order valence-corrected chi connectivity index (χ1v) is 9.76. The number of hydrogen-bond donors (Lipinski definition) is 0. The third-order valence-corrected chi connectivity index (χ3v) is 5.21. The van der Waals surface area contributed by atoms with Gasteiger partial charge in [-0.25, -0.2) is 0 Å². The molecule has 2 aromatic rings. The molecule has 4 rings (SSSR count). The van der Waals surface area contributed by atoms with Crippen molar-refractivity contribution in [3.05, 3.63) is 64.7 Å². The number of allylic oxidation sites excluding steroid dienone is 1. The lowest BCUT2D eigenvalue weighted by atomic mass is 9.88. The van der Waals surface area contributed by atoms with Gasteiger partial charge in [0.15, 0.2) is 5.78 Å². The maximum absolute atomic E-state index is 13.5. The summed E-state index contributed by atoms with van der Waals surface area (Å²) in [6.45, 7) is 9.88. The molecule has 0 fully saturated rings. The van der Waals surface area contributed by atoms with Crippen LogP contribution in [0.2, 0.25) is 0 Å². The van der Waals surface area contributed by atoms with Gasteiger partial charge >= 0.3 is 0 Å². The average molecular weight is 390 g/mol. The van der Waals surface area contributed by atoms with Crippen molar-refractivity contribution in [2.24, 2.45) is 0 Å². The van der Waals surface area contributed by atoms with Gasteiger partial charge in [-0.3, -0.25) is 4.79 Å². The van der Waals surface area contributed by atoms with Crippen LogP contribution in [-0.2, 0) is 0 Å². The number of carbonyl (C=O) groups is 1. The minimum Gasteiger partial charge on any atom is -0.496 e. The summed E-state index contributed by atoms with van der Waals surface area (Å²) in [7, 11) is 1.63. The number of rotatable bonds is 3. The van der Waals surface area contributed by atoms with Crippen LogP contribution in [0.3, 0.4) is 0 Å². The number of ether oxygens (including phenoxy) is 3. The molecule has 29 heavy (non-hydrogen) atoms. The van der Waals surface area contributed by atoms with E-state index >= 15 is 0 Å².